The number of amides is 1. The van der Waals surface area contributed by atoms with Crippen LogP contribution in [0.1, 0.15) is 23.0 Å². The maximum atomic E-state index is 12.6. The van der Waals surface area contributed by atoms with E-state index in [1.807, 2.05) is 6.07 Å². The Hall–Kier alpha value is -2.96. The number of hydrogen-bond acceptors (Lipinski definition) is 5. The van der Waals surface area contributed by atoms with Gasteiger partial charge in [0.15, 0.2) is 6.10 Å². The zero-order valence-corrected chi connectivity index (χ0v) is 17.0. The van der Waals surface area contributed by atoms with Gasteiger partial charge in [0.2, 0.25) is 0 Å². The second-order valence-corrected chi connectivity index (χ2v) is 6.90. The molecule has 6 nitrogen and oxygen atoms in total. The van der Waals surface area contributed by atoms with Crippen LogP contribution >= 0.6 is 23.2 Å². The van der Waals surface area contributed by atoms with Gasteiger partial charge in [-0.15, -0.1) is 0 Å². The molecule has 2 N–H and O–H groups in total. The van der Waals surface area contributed by atoms with Gasteiger partial charge in [0.25, 0.3) is 5.91 Å². The average molecular weight is 433 g/mol. The molecule has 2 aromatic carbocycles. The fourth-order valence-electron chi connectivity index (χ4n) is 2.52. The minimum Gasteiger partial charge on any atom is -0.467 e. The molecule has 3 aromatic rings. The zero-order chi connectivity index (χ0) is 20.8. The highest BCUT2D eigenvalue weighted by molar-refractivity contribution is 6.44. The maximum Gasteiger partial charge on any atom is 0.341 e. The molecule has 0 saturated carbocycles. The van der Waals surface area contributed by atoms with Gasteiger partial charge in [-0.2, -0.15) is 0 Å². The highest BCUT2D eigenvalue weighted by Gasteiger charge is 2.22. The molecule has 1 amide bonds. The van der Waals surface area contributed by atoms with E-state index in [0.717, 1.165) is 5.76 Å². The molecule has 0 radical (unpaired) electrons. The van der Waals surface area contributed by atoms with Crippen molar-refractivity contribution in [1.29, 1.82) is 0 Å². The molecule has 150 valence electrons. The van der Waals surface area contributed by atoms with Gasteiger partial charge >= 0.3 is 5.97 Å². The summed E-state index contributed by atoms with van der Waals surface area (Å²) in [4.78, 5) is 25.0. The third-order valence-corrected chi connectivity index (χ3v) is 4.86. The van der Waals surface area contributed by atoms with Gasteiger partial charge in [0.1, 0.15) is 5.76 Å². The van der Waals surface area contributed by atoms with Gasteiger partial charge in [0, 0.05) is 5.69 Å². The number of ether oxygens (including phenoxy) is 1. The Labute approximate surface area is 177 Å². The maximum absolute atomic E-state index is 12.6. The molecule has 1 aromatic heterocycles. The van der Waals surface area contributed by atoms with Crippen LogP contribution in [0.4, 0.5) is 11.4 Å². The number of hydrogen-bond donors (Lipinski definition) is 2. The molecule has 3 rings (SSSR count). The summed E-state index contributed by atoms with van der Waals surface area (Å²) in [5, 5.41) is 6.26. The van der Waals surface area contributed by atoms with E-state index in [2.05, 4.69) is 10.6 Å². The molecular weight excluding hydrogens is 415 g/mol. The van der Waals surface area contributed by atoms with Crippen LogP contribution in [0.3, 0.4) is 0 Å². The van der Waals surface area contributed by atoms with Crippen molar-refractivity contribution in [2.75, 3.05) is 10.6 Å². The Kier molecular flexibility index (Phi) is 6.80. The number of halogens is 2. The smallest absolute Gasteiger partial charge is 0.341 e. The molecule has 29 heavy (non-hydrogen) atoms. The summed E-state index contributed by atoms with van der Waals surface area (Å²) in [5.41, 5.74) is 1.21. The lowest BCUT2D eigenvalue weighted by molar-refractivity contribution is -0.123. The van der Waals surface area contributed by atoms with Gasteiger partial charge in [-0.05, 0) is 43.3 Å². The second-order valence-electron chi connectivity index (χ2n) is 6.12. The number of carbonyl (C=O) groups excluding carboxylic acids is 2. The number of rotatable bonds is 7. The Morgan fingerprint density at radius 1 is 1.03 bits per heavy atom. The van der Waals surface area contributed by atoms with Gasteiger partial charge in [-0.25, -0.2) is 4.79 Å². The van der Waals surface area contributed by atoms with Crippen molar-refractivity contribution in [2.45, 2.75) is 19.6 Å². The molecule has 1 atom stereocenters. The molecular formula is C21H18Cl2N2O4. The van der Waals surface area contributed by atoms with Gasteiger partial charge in [-0.1, -0.05) is 41.4 Å². The summed E-state index contributed by atoms with van der Waals surface area (Å²) in [6.07, 6.45) is 0.527. The van der Waals surface area contributed by atoms with E-state index in [-0.39, 0.29) is 5.02 Å². The van der Waals surface area contributed by atoms with Gasteiger partial charge < -0.3 is 19.8 Å². The third-order valence-electron chi connectivity index (χ3n) is 4.04. The van der Waals surface area contributed by atoms with E-state index in [1.165, 1.54) is 6.92 Å². The van der Waals surface area contributed by atoms with E-state index in [0.29, 0.717) is 28.5 Å². The molecule has 0 aliphatic heterocycles. The molecule has 0 spiro atoms. The van der Waals surface area contributed by atoms with Crippen molar-refractivity contribution < 1.29 is 18.7 Å². The standard InChI is InChI=1S/C21H18Cl2N2O4/c1-13(20(26)25-18-10-4-8-16(22)19(18)23)29-21(27)15-7-2-3-9-17(15)24-12-14-6-5-11-28-14/h2-11,13,24H,12H2,1H3,(H,25,26). The number of anilines is 2. The number of furan rings is 1. The van der Waals surface area contributed by atoms with Crippen molar-refractivity contribution in [3.05, 3.63) is 82.2 Å². The summed E-state index contributed by atoms with van der Waals surface area (Å²) in [6.45, 7) is 1.88. The predicted molar refractivity (Wildman–Crippen MR) is 112 cm³/mol. The number of para-hydroxylation sites is 1. The second kappa shape index (κ2) is 9.49. The van der Waals surface area contributed by atoms with E-state index in [4.69, 9.17) is 32.4 Å². The van der Waals surface area contributed by atoms with Crippen LogP contribution < -0.4 is 10.6 Å². The van der Waals surface area contributed by atoms with E-state index < -0.39 is 18.0 Å². The van der Waals surface area contributed by atoms with Crippen LogP contribution in [0.15, 0.2) is 65.3 Å². The van der Waals surface area contributed by atoms with Crippen LogP contribution in [-0.2, 0) is 16.1 Å². The molecule has 0 aliphatic carbocycles. The molecule has 0 bridgehead atoms. The fourth-order valence-corrected chi connectivity index (χ4v) is 2.87. The van der Waals surface area contributed by atoms with Gasteiger partial charge in [-0.3, -0.25) is 4.79 Å². The molecule has 1 unspecified atom stereocenters. The number of esters is 1. The quantitative estimate of drug-likeness (QED) is 0.489. The summed E-state index contributed by atoms with van der Waals surface area (Å²) < 4.78 is 10.6. The Morgan fingerprint density at radius 2 is 1.79 bits per heavy atom. The largest absolute Gasteiger partial charge is 0.467 e. The first-order valence-electron chi connectivity index (χ1n) is 8.77. The van der Waals surface area contributed by atoms with Crippen molar-refractivity contribution in [2.24, 2.45) is 0 Å². The van der Waals surface area contributed by atoms with Crippen LogP contribution in [0, 0.1) is 0 Å². The highest BCUT2D eigenvalue weighted by atomic mass is 35.5. The molecule has 1 heterocycles. The summed E-state index contributed by atoms with van der Waals surface area (Å²) in [7, 11) is 0. The molecule has 8 heteroatoms. The SMILES string of the molecule is CC(OC(=O)c1ccccc1NCc1ccco1)C(=O)Nc1cccc(Cl)c1Cl. The lowest BCUT2D eigenvalue weighted by Crippen LogP contribution is -2.30. The lowest BCUT2D eigenvalue weighted by Gasteiger charge is -2.16. The first-order valence-corrected chi connectivity index (χ1v) is 9.52. The first kappa shape index (κ1) is 20.8. The highest BCUT2D eigenvalue weighted by Crippen LogP contribution is 2.29. The van der Waals surface area contributed by atoms with Crippen LogP contribution in [-0.4, -0.2) is 18.0 Å². The van der Waals surface area contributed by atoms with Gasteiger partial charge in [0.05, 0.1) is 34.1 Å². The minimum atomic E-state index is -1.05. The van der Waals surface area contributed by atoms with Crippen molar-refractivity contribution in [3.63, 3.8) is 0 Å². The van der Waals surface area contributed by atoms with E-state index in [9.17, 15) is 9.59 Å². The Bertz CT molecular complexity index is 1010. The first-order chi connectivity index (χ1) is 14.0. The molecule has 0 saturated heterocycles. The monoisotopic (exact) mass is 432 g/mol. The fraction of sp³-hybridized carbons (Fsp3) is 0.143. The van der Waals surface area contributed by atoms with Crippen LogP contribution in [0.25, 0.3) is 0 Å². The Morgan fingerprint density at radius 3 is 2.55 bits per heavy atom. The van der Waals surface area contributed by atoms with E-state index in [1.54, 1.807) is 54.8 Å². The minimum absolute atomic E-state index is 0.216. The average Bonchev–Trinajstić information content (AvgIpc) is 3.23. The zero-order valence-electron chi connectivity index (χ0n) is 15.4. The number of benzene rings is 2. The summed E-state index contributed by atoms with van der Waals surface area (Å²) in [6, 6.07) is 15.3. The van der Waals surface area contributed by atoms with Crippen molar-refractivity contribution in [1.82, 2.24) is 0 Å². The lowest BCUT2D eigenvalue weighted by atomic mass is 10.1. The van der Waals surface area contributed by atoms with E-state index >= 15 is 0 Å². The topological polar surface area (TPSA) is 80.6 Å². The van der Waals surface area contributed by atoms with Crippen molar-refractivity contribution in [3.8, 4) is 0 Å². The predicted octanol–water partition coefficient (Wildman–Crippen LogP) is 5.38. The third kappa shape index (κ3) is 5.31. The normalized spacial score (nSPS) is 11.6. The molecule has 0 fully saturated rings. The Balaban J connectivity index is 1.64. The molecule has 0 aliphatic rings. The summed E-state index contributed by atoms with van der Waals surface area (Å²) in [5.74, 6) is -0.435. The summed E-state index contributed by atoms with van der Waals surface area (Å²) >= 11 is 12.0. The van der Waals surface area contributed by atoms with Crippen LogP contribution in [0.2, 0.25) is 10.0 Å². The van der Waals surface area contributed by atoms with Crippen molar-refractivity contribution >= 4 is 46.5 Å². The van der Waals surface area contributed by atoms with Crippen LogP contribution in [0.5, 0.6) is 0 Å². The number of nitrogens with one attached hydrogen (secondary N) is 2. The number of carbonyl (C=O) groups is 2.